The molecular formula is C15H15F4NO3. The molecule has 0 fully saturated rings. The molecule has 1 aromatic carbocycles. The van der Waals surface area contributed by atoms with Crippen LogP contribution < -0.4 is 5.32 Å². The van der Waals surface area contributed by atoms with Crippen molar-refractivity contribution in [1.82, 2.24) is 5.32 Å². The molecule has 4 nitrogen and oxygen atoms in total. The summed E-state index contributed by atoms with van der Waals surface area (Å²) in [7, 11) is 0. The third kappa shape index (κ3) is 7.44. The summed E-state index contributed by atoms with van der Waals surface area (Å²) >= 11 is 0. The van der Waals surface area contributed by atoms with Crippen LogP contribution in [0, 0.1) is 0 Å². The van der Waals surface area contributed by atoms with Crippen LogP contribution in [-0.4, -0.2) is 37.4 Å². The minimum atomic E-state index is -4.42. The van der Waals surface area contributed by atoms with E-state index in [0.717, 1.165) is 11.6 Å². The summed E-state index contributed by atoms with van der Waals surface area (Å²) < 4.78 is 52.6. The van der Waals surface area contributed by atoms with Crippen LogP contribution in [0.2, 0.25) is 0 Å². The zero-order chi connectivity index (χ0) is 17.3. The van der Waals surface area contributed by atoms with E-state index in [2.05, 4.69) is 10.1 Å². The minimum absolute atomic E-state index is 0.311. The molecule has 0 atom stereocenters. The van der Waals surface area contributed by atoms with Crippen LogP contribution in [0.1, 0.15) is 5.56 Å². The highest BCUT2D eigenvalue weighted by atomic mass is 19.3. The number of carbonyl (C=O) groups excluding carboxylic acids is 2. The monoisotopic (exact) mass is 333 g/mol. The predicted octanol–water partition coefficient (Wildman–Crippen LogP) is 2.35. The second-order valence-electron chi connectivity index (χ2n) is 4.53. The fourth-order valence-corrected chi connectivity index (χ4v) is 1.46. The average molecular weight is 333 g/mol. The highest BCUT2D eigenvalue weighted by Gasteiger charge is 2.42. The Hall–Kier alpha value is -2.38. The van der Waals surface area contributed by atoms with Crippen LogP contribution in [0.4, 0.5) is 17.6 Å². The Kier molecular flexibility index (Phi) is 7.24. The number of carbonyl (C=O) groups is 2. The summed E-state index contributed by atoms with van der Waals surface area (Å²) in [6, 6.07) is 9.31. The molecule has 0 saturated heterocycles. The molecule has 23 heavy (non-hydrogen) atoms. The van der Waals surface area contributed by atoms with Crippen molar-refractivity contribution in [2.45, 2.75) is 18.8 Å². The maximum absolute atomic E-state index is 12.5. The fourth-order valence-electron chi connectivity index (χ4n) is 1.46. The van der Waals surface area contributed by atoms with Crippen molar-refractivity contribution in [2.75, 3.05) is 13.2 Å². The lowest BCUT2D eigenvalue weighted by Gasteiger charge is -2.13. The molecule has 8 heteroatoms. The minimum Gasteiger partial charge on any atom is -0.456 e. The first-order valence-corrected chi connectivity index (χ1v) is 6.64. The van der Waals surface area contributed by atoms with Crippen LogP contribution in [0.25, 0.3) is 0 Å². The lowest BCUT2D eigenvalue weighted by Crippen LogP contribution is -2.33. The van der Waals surface area contributed by atoms with E-state index in [9.17, 15) is 27.2 Å². The van der Waals surface area contributed by atoms with Crippen LogP contribution >= 0.6 is 0 Å². The molecule has 0 aliphatic heterocycles. The van der Waals surface area contributed by atoms with Gasteiger partial charge in [0.25, 0.3) is 0 Å². The second-order valence-corrected chi connectivity index (χ2v) is 4.53. The molecule has 1 amide bonds. The maximum Gasteiger partial charge on any atom is 0.340 e. The van der Waals surface area contributed by atoms with E-state index in [-0.39, 0.29) is 0 Å². The molecule has 0 unspecified atom stereocenters. The van der Waals surface area contributed by atoms with Gasteiger partial charge in [-0.05, 0) is 12.0 Å². The Balaban J connectivity index is 2.27. The average Bonchev–Trinajstić information content (AvgIpc) is 2.52. The summed E-state index contributed by atoms with van der Waals surface area (Å²) in [6.45, 7) is -1.44. The lowest BCUT2D eigenvalue weighted by atomic mass is 10.1. The number of benzene rings is 1. The van der Waals surface area contributed by atoms with E-state index in [1.165, 1.54) is 0 Å². The van der Waals surface area contributed by atoms with Crippen molar-refractivity contribution >= 4 is 11.9 Å². The van der Waals surface area contributed by atoms with Gasteiger partial charge in [0.15, 0.2) is 6.61 Å². The third-order valence-corrected chi connectivity index (χ3v) is 2.65. The quantitative estimate of drug-likeness (QED) is 0.451. The fraction of sp³-hybridized carbons (Fsp3) is 0.333. The third-order valence-electron chi connectivity index (χ3n) is 2.65. The van der Waals surface area contributed by atoms with E-state index in [0.29, 0.717) is 19.0 Å². The summed E-state index contributed by atoms with van der Waals surface area (Å²) in [4.78, 5) is 22.4. The number of hydrogen-bond acceptors (Lipinski definition) is 3. The lowest BCUT2D eigenvalue weighted by molar-refractivity contribution is -0.176. The molecule has 0 aliphatic carbocycles. The number of alkyl halides is 4. The molecule has 126 valence electrons. The van der Waals surface area contributed by atoms with Crippen LogP contribution in [-0.2, 0) is 20.7 Å². The molecular weight excluding hydrogens is 318 g/mol. The van der Waals surface area contributed by atoms with Gasteiger partial charge in [0.1, 0.15) is 0 Å². The zero-order valence-corrected chi connectivity index (χ0v) is 12.0. The largest absolute Gasteiger partial charge is 0.456 e. The Morgan fingerprint density at radius 2 is 1.83 bits per heavy atom. The first kappa shape index (κ1) is 18.7. The molecule has 0 bridgehead atoms. The molecule has 0 saturated carbocycles. The second kappa shape index (κ2) is 8.92. The van der Waals surface area contributed by atoms with Gasteiger partial charge in [-0.3, -0.25) is 4.79 Å². The predicted molar refractivity (Wildman–Crippen MR) is 74.2 cm³/mol. The smallest absolute Gasteiger partial charge is 0.340 e. The van der Waals surface area contributed by atoms with Crippen molar-refractivity contribution in [3.8, 4) is 0 Å². The molecule has 0 radical (unpaired) electrons. The van der Waals surface area contributed by atoms with Crippen molar-refractivity contribution < 1.29 is 31.9 Å². The Labute approximate surface area is 130 Å². The van der Waals surface area contributed by atoms with Gasteiger partial charge in [0, 0.05) is 18.7 Å². The van der Waals surface area contributed by atoms with E-state index in [4.69, 9.17) is 0 Å². The van der Waals surface area contributed by atoms with Gasteiger partial charge in [0.05, 0.1) is 0 Å². The van der Waals surface area contributed by atoms with Crippen molar-refractivity contribution in [3.05, 3.63) is 48.0 Å². The molecule has 0 spiro atoms. The Morgan fingerprint density at radius 1 is 1.17 bits per heavy atom. The molecule has 0 aliphatic rings. The van der Waals surface area contributed by atoms with Gasteiger partial charge < -0.3 is 10.1 Å². The number of rotatable bonds is 8. The van der Waals surface area contributed by atoms with E-state index < -0.39 is 30.8 Å². The highest BCUT2D eigenvalue weighted by Crippen LogP contribution is 2.22. The van der Waals surface area contributed by atoms with Gasteiger partial charge in [0.2, 0.25) is 5.91 Å². The SMILES string of the molecule is O=C(C=CC(=O)OCC(F)(F)C(F)F)NCCc1ccccc1. The van der Waals surface area contributed by atoms with Gasteiger partial charge in [-0.1, -0.05) is 30.3 Å². The Morgan fingerprint density at radius 3 is 2.43 bits per heavy atom. The van der Waals surface area contributed by atoms with Gasteiger partial charge in [-0.25, -0.2) is 13.6 Å². The van der Waals surface area contributed by atoms with Gasteiger partial charge >= 0.3 is 18.3 Å². The summed E-state index contributed by atoms with van der Waals surface area (Å²) in [5, 5.41) is 2.48. The van der Waals surface area contributed by atoms with Gasteiger partial charge in [-0.2, -0.15) is 8.78 Å². The first-order chi connectivity index (χ1) is 10.8. The molecule has 0 heterocycles. The van der Waals surface area contributed by atoms with E-state index >= 15 is 0 Å². The zero-order valence-electron chi connectivity index (χ0n) is 12.0. The number of amides is 1. The number of hydrogen-bond donors (Lipinski definition) is 1. The van der Waals surface area contributed by atoms with E-state index in [1.807, 2.05) is 30.3 Å². The van der Waals surface area contributed by atoms with Crippen molar-refractivity contribution in [1.29, 1.82) is 0 Å². The number of esters is 1. The summed E-state index contributed by atoms with van der Waals surface area (Å²) in [6.07, 6.45) is -1.97. The van der Waals surface area contributed by atoms with E-state index in [1.54, 1.807) is 0 Å². The Bertz CT molecular complexity index is 547. The number of nitrogens with one attached hydrogen (secondary N) is 1. The molecule has 1 N–H and O–H groups in total. The number of ether oxygens (including phenoxy) is 1. The topological polar surface area (TPSA) is 55.4 Å². The molecule has 1 aromatic rings. The highest BCUT2D eigenvalue weighted by molar-refractivity contribution is 5.94. The first-order valence-electron chi connectivity index (χ1n) is 6.64. The summed E-state index contributed by atoms with van der Waals surface area (Å²) in [5.41, 5.74) is 1.01. The van der Waals surface area contributed by atoms with Crippen molar-refractivity contribution in [3.63, 3.8) is 0 Å². The maximum atomic E-state index is 12.5. The molecule has 0 aromatic heterocycles. The van der Waals surface area contributed by atoms with Crippen LogP contribution in [0.15, 0.2) is 42.5 Å². The van der Waals surface area contributed by atoms with Crippen LogP contribution in [0.3, 0.4) is 0 Å². The molecule has 1 rings (SSSR count). The summed E-state index contributed by atoms with van der Waals surface area (Å²) in [5.74, 6) is -6.34. The number of halogens is 4. The normalized spacial score (nSPS) is 11.7. The van der Waals surface area contributed by atoms with Crippen LogP contribution in [0.5, 0.6) is 0 Å². The standard InChI is InChI=1S/C15H15F4NO3/c16-14(17)15(18,19)10-23-13(22)7-6-12(21)20-9-8-11-4-2-1-3-5-11/h1-7,14H,8-10H2,(H,20,21). The van der Waals surface area contributed by atoms with Crippen molar-refractivity contribution in [2.24, 2.45) is 0 Å². The van der Waals surface area contributed by atoms with Gasteiger partial charge in [-0.15, -0.1) is 0 Å².